The lowest BCUT2D eigenvalue weighted by molar-refractivity contribution is -0.139. The third kappa shape index (κ3) is 4.56. The zero-order valence-corrected chi connectivity index (χ0v) is 17.0. The summed E-state index contributed by atoms with van der Waals surface area (Å²) in [5, 5.41) is 0.742. The summed E-state index contributed by atoms with van der Waals surface area (Å²) in [6.07, 6.45) is 0.214. The molecule has 0 N–H and O–H groups in total. The maximum Gasteiger partial charge on any atom is 0.263 e. The molecule has 0 spiro atoms. The van der Waals surface area contributed by atoms with Crippen molar-refractivity contribution in [3.8, 4) is 5.75 Å². The number of carbonyl (C=O) groups excluding carboxylic acids is 1. The van der Waals surface area contributed by atoms with E-state index in [4.69, 9.17) is 16.3 Å². The first-order valence-electron chi connectivity index (χ1n) is 9.51. The van der Waals surface area contributed by atoms with Crippen molar-refractivity contribution in [1.29, 1.82) is 0 Å². The Hall–Kier alpha value is -2.20. The van der Waals surface area contributed by atoms with Crippen LogP contribution >= 0.6 is 11.6 Å². The summed E-state index contributed by atoms with van der Waals surface area (Å²) in [6.45, 7) is 9.07. The van der Waals surface area contributed by atoms with Gasteiger partial charge in [-0.1, -0.05) is 42.8 Å². The molecular formula is C22H27ClN2O2. The lowest BCUT2D eigenvalue weighted by Crippen LogP contribution is -2.52. The number of rotatable bonds is 5. The number of hydrogen-bond donors (Lipinski definition) is 0. The molecular weight excluding hydrogens is 360 g/mol. The zero-order chi connectivity index (χ0) is 19.4. The predicted molar refractivity (Wildman–Crippen MR) is 111 cm³/mol. The third-order valence-corrected chi connectivity index (χ3v) is 5.35. The van der Waals surface area contributed by atoms with Gasteiger partial charge in [0.1, 0.15) is 5.75 Å². The number of halogens is 1. The molecule has 144 valence electrons. The molecule has 2 aromatic carbocycles. The van der Waals surface area contributed by atoms with Crippen LogP contribution in [0.3, 0.4) is 0 Å². The number of amides is 1. The Balaban J connectivity index is 1.63. The van der Waals surface area contributed by atoms with Gasteiger partial charge >= 0.3 is 0 Å². The Morgan fingerprint density at radius 3 is 2.44 bits per heavy atom. The Morgan fingerprint density at radius 1 is 1.07 bits per heavy atom. The summed E-state index contributed by atoms with van der Waals surface area (Å²) in [7, 11) is 0. The molecule has 1 saturated heterocycles. The van der Waals surface area contributed by atoms with Crippen LogP contribution < -0.4 is 9.64 Å². The van der Waals surface area contributed by atoms with E-state index in [0.29, 0.717) is 19.5 Å². The third-order valence-electron chi connectivity index (χ3n) is 5.11. The Kier molecular flexibility index (Phi) is 6.27. The Labute approximate surface area is 166 Å². The van der Waals surface area contributed by atoms with Crippen molar-refractivity contribution in [1.82, 2.24) is 4.90 Å². The van der Waals surface area contributed by atoms with E-state index in [9.17, 15) is 4.79 Å². The van der Waals surface area contributed by atoms with Crippen LogP contribution in [0.25, 0.3) is 0 Å². The number of piperazine rings is 1. The van der Waals surface area contributed by atoms with Gasteiger partial charge in [-0.05, 0) is 49.6 Å². The maximum atomic E-state index is 13.0. The SMILES string of the molecule is CC[C@H](Oc1ccccc1C)C(=O)N1CCN(c2cc(Cl)ccc2C)CC1. The van der Waals surface area contributed by atoms with Crippen molar-refractivity contribution in [2.45, 2.75) is 33.3 Å². The van der Waals surface area contributed by atoms with Gasteiger partial charge < -0.3 is 14.5 Å². The minimum atomic E-state index is -0.439. The van der Waals surface area contributed by atoms with Gasteiger partial charge in [0.15, 0.2) is 6.10 Å². The average molecular weight is 387 g/mol. The van der Waals surface area contributed by atoms with E-state index < -0.39 is 6.10 Å². The molecule has 0 aliphatic carbocycles. The lowest BCUT2D eigenvalue weighted by Gasteiger charge is -2.38. The molecule has 0 radical (unpaired) electrons. The predicted octanol–water partition coefficient (Wildman–Crippen LogP) is 4.46. The van der Waals surface area contributed by atoms with Crippen molar-refractivity contribution in [2.24, 2.45) is 0 Å². The van der Waals surface area contributed by atoms with Gasteiger partial charge in [-0.15, -0.1) is 0 Å². The number of benzene rings is 2. The van der Waals surface area contributed by atoms with Gasteiger partial charge in [-0.25, -0.2) is 0 Å². The summed E-state index contributed by atoms with van der Waals surface area (Å²) in [5.74, 6) is 0.856. The molecule has 0 unspecified atom stereocenters. The van der Waals surface area contributed by atoms with E-state index in [2.05, 4.69) is 11.8 Å². The molecule has 0 saturated carbocycles. The van der Waals surface area contributed by atoms with Crippen LogP contribution in [0.15, 0.2) is 42.5 Å². The number of anilines is 1. The molecule has 3 rings (SSSR count). The van der Waals surface area contributed by atoms with Crippen molar-refractivity contribution >= 4 is 23.2 Å². The summed E-state index contributed by atoms with van der Waals surface area (Å²) in [5.41, 5.74) is 3.40. The van der Waals surface area contributed by atoms with Crippen LogP contribution in [0, 0.1) is 13.8 Å². The molecule has 0 bridgehead atoms. The van der Waals surface area contributed by atoms with Crippen LogP contribution in [-0.4, -0.2) is 43.1 Å². The topological polar surface area (TPSA) is 32.8 Å². The quantitative estimate of drug-likeness (QED) is 0.760. The Bertz CT molecular complexity index is 801. The highest BCUT2D eigenvalue weighted by atomic mass is 35.5. The molecule has 2 aromatic rings. The molecule has 1 heterocycles. The van der Waals surface area contributed by atoms with Crippen molar-refractivity contribution in [3.63, 3.8) is 0 Å². The standard InChI is InChI=1S/C22H27ClN2O2/c1-4-20(27-21-8-6-5-7-17(21)3)22(26)25-13-11-24(12-14-25)19-15-18(23)10-9-16(19)2/h5-10,15,20H,4,11-14H2,1-3H3/t20-/m0/s1. The number of aryl methyl sites for hydroxylation is 2. The van der Waals surface area contributed by atoms with Crippen LogP contribution in [0.2, 0.25) is 5.02 Å². The fourth-order valence-corrected chi connectivity index (χ4v) is 3.61. The fraction of sp³-hybridized carbons (Fsp3) is 0.409. The van der Waals surface area contributed by atoms with E-state index in [0.717, 1.165) is 35.1 Å². The second-order valence-electron chi connectivity index (χ2n) is 7.02. The minimum absolute atomic E-state index is 0.0724. The molecule has 1 atom stereocenters. The maximum absolute atomic E-state index is 13.0. The number of nitrogens with zero attached hydrogens (tertiary/aromatic N) is 2. The molecule has 1 amide bonds. The van der Waals surface area contributed by atoms with Gasteiger partial charge in [0.2, 0.25) is 0 Å². The van der Waals surface area contributed by atoms with Crippen LogP contribution in [0.4, 0.5) is 5.69 Å². The first-order chi connectivity index (χ1) is 13.0. The first kappa shape index (κ1) is 19.6. The number of carbonyl (C=O) groups is 1. The van der Waals surface area contributed by atoms with Crippen LogP contribution in [0.1, 0.15) is 24.5 Å². The van der Waals surface area contributed by atoms with E-state index >= 15 is 0 Å². The molecule has 1 aliphatic heterocycles. The van der Waals surface area contributed by atoms with Gasteiger partial charge in [-0.3, -0.25) is 4.79 Å². The fourth-order valence-electron chi connectivity index (χ4n) is 3.44. The summed E-state index contributed by atoms with van der Waals surface area (Å²) < 4.78 is 6.03. The molecule has 5 heteroatoms. The average Bonchev–Trinajstić information content (AvgIpc) is 2.69. The molecule has 27 heavy (non-hydrogen) atoms. The normalized spacial score (nSPS) is 15.6. The Morgan fingerprint density at radius 2 is 1.78 bits per heavy atom. The van der Waals surface area contributed by atoms with Crippen molar-refractivity contribution in [3.05, 3.63) is 58.6 Å². The van der Waals surface area contributed by atoms with Gasteiger partial charge in [0, 0.05) is 36.9 Å². The lowest BCUT2D eigenvalue weighted by atomic mass is 10.1. The highest BCUT2D eigenvalue weighted by Crippen LogP contribution is 2.26. The van der Waals surface area contributed by atoms with Crippen LogP contribution in [0.5, 0.6) is 5.75 Å². The van der Waals surface area contributed by atoms with Gasteiger partial charge in [0.05, 0.1) is 0 Å². The number of ether oxygens (including phenoxy) is 1. The van der Waals surface area contributed by atoms with Gasteiger partial charge in [0.25, 0.3) is 5.91 Å². The summed E-state index contributed by atoms with van der Waals surface area (Å²) in [4.78, 5) is 17.2. The van der Waals surface area contributed by atoms with E-state index in [-0.39, 0.29) is 5.91 Å². The smallest absolute Gasteiger partial charge is 0.263 e. The van der Waals surface area contributed by atoms with E-state index in [1.165, 1.54) is 5.56 Å². The van der Waals surface area contributed by atoms with Crippen LogP contribution in [-0.2, 0) is 4.79 Å². The second kappa shape index (κ2) is 8.66. The molecule has 1 fully saturated rings. The summed E-state index contributed by atoms with van der Waals surface area (Å²) in [6, 6.07) is 13.8. The second-order valence-corrected chi connectivity index (χ2v) is 7.46. The number of hydrogen-bond acceptors (Lipinski definition) is 3. The highest BCUT2D eigenvalue weighted by Gasteiger charge is 2.28. The van der Waals surface area contributed by atoms with E-state index in [1.807, 2.05) is 61.2 Å². The largest absolute Gasteiger partial charge is 0.480 e. The summed E-state index contributed by atoms with van der Waals surface area (Å²) >= 11 is 6.16. The first-order valence-corrected chi connectivity index (χ1v) is 9.89. The minimum Gasteiger partial charge on any atom is -0.480 e. The van der Waals surface area contributed by atoms with Crippen molar-refractivity contribution < 1.29 is 9.53 Å². The van der Waals surface area contributed by atoms with E-state index in [1.54, 1.807) is 0 Å². The highest BCUT2D eigenvalue weighted by molar-refractivity contribution is 6.30. The zero-order valence-electron chi connectivity index (χ0n) is 16.2. The van der Waals surface area contributed by atoms with Crippen molar-refractivity contribution in [2.75, 3.05) is 31.1 Å². The van der Waals surface area contributed by atoms with Gasteiger partial charge in [-0.2, -0.15) is 0 Å². The molecule has 0 aromatic heterocycles. The molecule has 4 nitrogen and oxygen atoms in total. The number of para-hydroxylation sites is 1. The monoisotopic (exact) mass is 386 g/mol. The molecule has 1 aliphatic rings.